The Hall–Kier alpha value is -1.27. The molecule has 14 nitrogen and oxygen atoms in total. The standard InChI is InChI=1S/C62H119NO13/c1-3-5-7-9-11-13-15-17-18-19-20-21-22-23-24-25-26-27-28-29-30-31-32-33-34-36-38-40-42-44-46-54(67)63-50(51(66)45-43-41-39-37-35-16-14-12-10-8-6-4-2)49-73-61-59(72)57(70)60(53(48-65)75-61)76-62-58(71)56(69)55(68)52(47-64)74-62/h43,45,50-53,55-62,64-66,68-72H,3-42,44,46-49H2,1-2H3,(H,63,67)/b45-43+/t50-,51+,52+,53+,55-,56?,57?,58?,59?,60+,61+,62-/m0/s1. The Labute approximate surface area is 463 Å². The lowest BCUT2D eigenvalue weighted by molar-refractivity contribution is -0.359. The first-order valence-corrected chi connectivity index (χ1v) is 31.9. The second kappa shape index (κ2) is 48.4. The van der Waals surface area contributed by atoms with Crippen molar-refractivity contribution in [2.24, 2.45) is 0 Å². The van der Waals surface area contributed by atoms with Crippen molar-refractivity contribution in [2.45, 2.75) is 357 Å². The molecule has 2 aliphatic heterocycles. The number of hydrogen-bond acceptors (Lipinski definition) is 13. The van der Waals surface area contributed by atoms with Crippen LogP contribution in [0.25, 0.3) is 0 Å². The second-order valence-electron chi connectivity index (χ2n) is 22.9. The summed E-state index contributed by atoms with van der Waals surface area (Å²) < 4.78 is 22.8. The fourth-order valence-electron chi connectivity index (χ4n) is 10.8. The van der Waals surface area contributed by atoms with Gasteiger partial charge < -0.3 is 65.1 Å². The number of carbonyl (C=O) groups excluding carboxylic acids is 1. The van der Waals surface area contributed by atoms with Gasteiger partial charge in [0.05, 0.1) is 32.0 Å². The van der Waals surface area contributed by atoms with Crippen LogP contribution in [0.4, 0.5) is 0 Å². The van der Waals surface area contributed by atoms with Crippen LogP contribution in [-0.2, 0) is 23.7 Å². The van der Waals surface area contributed by atoms with Crippen LogP contribution in [-0.4, -0.2) is 140 Å². The maximum Gasteiger partial charge on any atom is 0.220 e. The zero-order valence-corrected chi connectivity index (χ0v) is 48.5. The first-order valence-electron chi connectivity index (χ1n) is 31.9. The number of aliphatic hydroxyl groups is 8. The number of ether oxygens (including phenoxy) is 4. The first-order chi connectivity index (χ1) is 37.1. The van der Waals surface area contributed by atoms with E-state index in [1.807, 2.05) is 6.08 Å². The molecule has 76 heavy (non-hydrogen) atoms. The van der Waals surface area contributed by atoms with E-state index < -0.39 is 86.8 Å². The van der Waals surface area contributed by atoms with Crippen LogP contribution in [0.5, 0.6) is 0 Å². The topological polar surface area (TPSA) is 228 Å². The lowest BCUT2D eigenvalue weighted by Crippen LogP contribution is -2.65. The summed E-state index contributed by atoms with van der Waals surface area (Å²) in [5.41, 5.74) is 0. The number of allylic oxidation sites excluding steroid dienone is 1. The molecule has 0 saturated carbocycles. The number of unbranched alkanes of at least 4 members (excludes halogenated alkanes) is 39. The van der Waals surface area contributed by atoms with E-state index in [4.69, 9.17) is 18.9 Å². The first kappa shape index (κ1) is 70.8. The zero-order valence-electron chi connectivity index (χ0n) is 48.5. The van der Waals surface area contributed by atoms with Crippen molar-refractivity contribution in [3.05, 3.63) is 12.2 Å². The van der Waals surface area contributed by atoms with Gasteiger partial charge >= 0.3 is 0 Å². The summed E-state index contributed by atoms with van der Waals surface area (Å²) in [6.07, 6.45) is 40.0. The van der Waals surface area contributed by atoms with E-state index in [1.165, 1.54) is 218 Å². The van der Waals surface area contributed by atoms with Gasteiger partial charge in [-0.2, -0.15) is 0 Å². The zero-order chi connectivity index (χ0) is 55.3. The van der Waals surface area contributed by atoms with Crippen molar-refractivity contribution in [3.8, 4) is 0 Å². The van der Waals surface area contributed by atoms with Crippen molar-refractivity contribution in [2.75, 3.05) is 19.8 Å². The quantitative estimate of drug-likeness (QED) is 0.0204. The summed E-state index contributed by atoms with van der Waals surface area (Å²) in [4.78, 5) is 13.2. The van der Waals surface area contributed by atoms with Gasteiger partial charge in [-0.1, -0.05) is 270 Å². The Morgan fingerprint density at radius 2 is 0.816 bits per heavy atom. The summed E-state index contributed by atoms with van der Waals surface area (Å²) in [5, 5.41) is 87.0. The lowest BCUT2D eigenvalue weighted by atomic mass is 9.97. The van der Waals surface area contributed by atoms with Gasteiger partial charge in [-0.15, -0.1) is 0 Å². The smallest absolute Gasteiger partial charge is 0.220 e. The highest BCUT2D eigenvalue weighted by molar-refractivity contribution is 5.76. The summed E-state index contributed by atoms with van der Waals surface area (Å²) >= 11 is 0. The summed E-state index contributed by atoms with van der Waals surface area (Å²) in [6.45, 7) is 2.82. The summed E-state index contributed by atoms with van der Waals surface area (Å²) in [7, 11) is 0. The Kier molecular flexibility index (Phi) is 45.1. The van der Waals surface area contributed by atoms with Crippen molar-refractivity contribution in [1.82, 2.24) is 5.32 Å². The van der Waals surface area contributed by atoms with Crippen LogP contribution in [0, 0.1) is 0 Å². The number of carbonyl (C=O) groups is 1. The number of aliphatic hydroxyl groups excluding tert-OH is 8. The minimum absolute atomic E-state index is 0.234. The minimum Gasteiger partial charge on any atom is -0.394 e. The van der Waals surface area contributed by atoms with E-state index in [9.17, 15) is 45.6 Å². The molecule has 0 aliphatic carbocycles. The number of hydrogen-bond donors (Lipinski definition) is 9. The molecule has 1 amide bonds. The van der Waals surface area contributed by atoms with Gasteiger partial charge in [0.2, 0.25) is 5.91 Å². The fourth-order valence-corrected chi connectivity index (χ4v) is 10.8. The molecule has 2 fully saturated rings. The molecule has 0 aromatic carbocycles. The highest BCUT2D eigenvalue weighted by Crippen LogP contribution is 2.30. The molecule has 2 aliphatic rings. The Morgan fingerprint density at radius 3 is 1.21 bits per heavy atom. The maximum absolute atomic E-state index is 13.2. The van der Waals surface area contributed by atoms with Crippen LogP contribution < -0.4 is 5.32 Å². The van der Waals surface area contributed by atoms with Crippen molar-refractivity contribution >= 4 is 5.91 Å². The van der Waals surface area contributed by atoms with Gasteiger partial charge in [0.1, 0.15) is 48.8 Å². The van der Waals surface area contributed by atoms with Gasteiger partial charge in [-0.05, 0) is 19.3 Å². The highest BCUT2D eigenvalue weighted by Gasteiger charge is 2.51. The molecule has 2 heterocycles. The molecule has 9 N–H and O–H groups in total. The van der Waals surface area contributed by atoms with Gasteiger partial charge in [-0.25, -0.2) is 0 Å². The molecule has 2 rings (SSSR count). The molecule has 450 valence electrons. The van der Waals surface area contributed by atoms with E-state index in [1.54, 1.807) is 6.08 Å². The third-order valence-corrected chi connectivity index (χ3v) is 16.0. The van der Waals surface area contributed by atoms with Gasteiger partial charge in [0, 0.05) is 6.42 Å². The third-order valence-electron chi connectivity index (χ3n) is 16.0. The van der Waals surface area contributed by atoms with E-state index >= 15 is 0 Å². The van der Waals surface area contributed by atoms with Crippen LogP contribution in [0.15, 0.2) is 12.2 Å². The molecule has 0 aromatic heterocycles. The predicted octanol–water partition coefficient (Wildman–Crippen LogP) is 11.5. The Bertz CT molecular complexity index is 1330. The van der Waals surface area contributed by atoms with E-state index in [0.29, 0.717) is 6.42 Å². The SMILES string of the molecule is CCCCCCCCCCCC/C=C/[C@@H](O)[C@H](CO[C@@H]1O[C@H](CO)[C@@H](O[C@@H]2O[C@H](CO)[C@H](O)C(O)C2O)C(O)C1O)NC(=O)CCCCCCCCCCCCCCCCCCCCCCCCCCCCCCCC. The number of nitrogens with one attached hydrogen (secondary N) is 1. The minimum atomic E-state index is -1.79. The third kappa shape index (κ3) is 33.5. The van der Waals surface area contributed by atoms with Gasteiger partial charge in [0.25, 0.3) is 0 Å². The van der Waals surface area contributed by atoms with Gasteiger partial charge in [-0.3, -0.25) is 4.79 Å². The molecule has 14 heteroatoms. The lowest BCUT2D eigenvalue weighted by Gasteiger charge is -2.46. The Balaban J connectivity index is 1.63. The fraction of sp³-hybridized carbons (Fsp3) is 0.952. The number of rotatable bonds is 52. The summed E-state index contributed by atoms with van der Waals surface area (Å²) in [5.74, 6) is -0.234. The van der Waals surface area contributed by atoms with Crippen LogP contribution in [0.1, 0.15) is 284 Å². The van der Waals surface area contributed by atoms with E-state index in [-0.39, 0.29) is 18.9 Å². The average Bonchev–Trinajstić information content (AvgIpc) is 3.42. The second-order valence-corrected chi connectivity index (χ2v) is 22.9. The maximum atomic E-state index is 13.2. The van der Waals surface area contributed by atoms with Crippen LogP contribution >= 0.6 is 0 Å². The number of amides is 1. The molecule has 4 unspecified atom stereocenters. The largest absolute Gasteiger partial charge is 0.394 e. The molecule has 0 spiro atoms. The molecular weight excluding hydrogens is 967 g/mol. The van der Waals surface area contributed by atoms with Crippen molar-refractivity contribution < 1.29 is 64.6 Å². The molecule has 0 bridgehead atoms. The normalized spacial score (nSPS) is 24.9. The van der Waals surface area contributed by atoms with Crippen molar-refractivity contribution in [3.63, 3.8) is 0 Å². The van der Waals surface area contributed by atoms with E-state index in [2.05, 4.69) is 19.2 Å². The highest BCUT2D eigenvalue weighted by atomic mass is 16.7. The predicted molar refractivity (Wildman–Crippen MR) is 305 cm³/mol. The van der Waals surface area contributed by atoms with Crippen LogP contribution in [0.2, 0.25) is 0 Å². The van der Waals surface area contributed by atoms with Gasteiger partial charge in [0.15, 0.2) is 12.6 Å². The molecule has 0 radical (unpaired) electrons. The monoisotopic (exact) mass is 1090 g/mol. The van der Waals surface area contributed by atoms with Crippen LogP contribution in [0.3, 0.4) is 0 Å². The molecular formula is C62H119NO13. The molecule has 0 aromatic rings. The van der Waals surface area contributed by atoms with Crippen molar-refractivity contribution in [1.29, 1.82) is 0 Å². The molecule has 2 saturated heterocycles. The summed E-state index contributed by atoms with van der Waals surface area (Å²) in [6, 6.07) is -0.909. The average molecular weight is 1090 g/mol. The Morgan fingerprint density at radius 1 is 0.461 bits per heavy atom. The van der Waals surface area contributed by atoms with E-state index in [0.717, 1.165) is 38.5 Å². The molecule has 12 atom stereocenters.